The number of nitrogens with zero attached hydrogens (tertiary/aromatic N) is 2. The van der Waals surface area contributed by atoms with Crippen LogP contribution in [0.25, 0.3) is 6.08 Å². The zero-order chi connectivity index (χ0) is 15.7. The number of carbonyl (C=O) groups is 1. The van der Waals surface area contributed by atoms with E-state index in [9.17, 15) is 15.0 Å². The third kappa shape index (κ3) is 3.03. The van der Waals surface area contributed by atoms with E-state index in [2.05, 4.69) is 5.10 Å². The minimum absolute atomic E-state index is 0.192. The number of benzene rings is 1. The highest BCUT2D eigenvalue weighted by atomic mass is 16.3. The summed E-state index contributed by atoms with van der Waals surface area (Å²) in [5, 5.41) is 23.4. The smallest absolute Gasteiger partial charge is 0.186 e. The normalized spacial score (nSPS) is 14.6. The van der Waals surface area contributed by atoms with Gasteiger partial charge in [-0.3, -0.25) is 9.48 Å². The highest BCUT2D eigenvalue weighted by molar-refractivity contribution is 6.07. The maximum atomic E-state index is 12.2. The topological polar surface area (TPSA) is 75.4 Å². The maximum Gasteiger partial charge on any atom is 0.186 e. The van der Waals surface area contributed by atoms with E-state index in [0.717, 1.165) is 12.2 Å². The summed E-state index contributed by atoms with van der Waals surface area (Å²) < 4.78 is 1.90. The Morgan fingerprint density at radius 1 is 1.41 bits per heavy atom. The van der Waals surface area contributed by atoms with E-state index in [-0.39, 0.29) is 17.3 Å². The zero-order valence-electron chi connectivity index (χ0n) is 12.4. The van der Waals surface area contributed by atoms with Crippen LogP contribution in [0.3, 0.4) is 0 Å². The molecule has 2 N–H and O–H groups in total. The van der Waals surface area contributed by atoms with Gasteiger partial charge in [0.25, 0.3) is 0 Å². The van der Waals surface area contributed by atoms with E-state index in [1.165, 1.54) is 25.0 Å². The third-order valence-corrected chi connectivity index (χ3v) is 3.85. The van der Waals surface area contributed by atoms with E-state index >= 15 is 0 Å². The molecule has 1 aromatic heterocycles. The van der Waals surface area contributed by atoms with Crippen LogP contribution >= 0.6 is 0 Å². The van der Waals surface area contributed by atoms with Crippen LogP contribution in [-0.4, -0.2) is 25.8 Å². The lowest BCUT2D eigenvalue weighted by Crippen LogP contribution is -2.04. The largest absolute Gasteiger partial charge is 0.504 e. The van der Waals surface area contributed by atoms with Gasteiger partial charge in [0.2, 0.25) is 0 Å². The third-order valence-electron chi connectivity index (χ3n) is 3.85. The van der Waals surface area contributed by atoms with Crippen LogP contribution < -0.4 is 0 Å². The maximum absolute atomic E-state index is 12.2. The molecule has 0 saturated heterocycles. The lowest BCUT2D eigenvalue weighted by Gasteiger charge is -2.05. The summed E-state index contributed by atoms with van der Waals surface area (Å²) in [6.07, 6.45) is 7.41. The van der Waals surface area contributed by atoms with Crippen LogP contribution in [0.2, 0.25) is 0 Å². The second kappa shape index (κ2) is 5.67. The van der Waals surface area contributed by atoms with Crippen LogP contribution in [0.4, 0.5) is 0 Å². The van der Waals surface area contributed by atoms with E-state index in [0.29, 0.717) is 17.0 Å². The van der Waals surface area contributed by atoms with Crippen molar-refractivity contribution < 1.29 is 15.0 Å². The predicted octanol–water partition coefficient (Wildman–Crippen LogP) is 2.91. The first-order valence-corrected chi connectivity index (χ1v) is 7.31. The Morgan fingerprint density at radius 2 is 2.18 bits per heavy atom. The zero-order valence-corrected chi connectivity index (χ0v) is 12.4. The number of rotatable bonds is 5. The summed E-state index contributed by atoms with van der Waals surface area (Å²) in [4.78, 5) is 12.2. The Morgan fingerprint density at radius 3 is 2.86 bits per heavy atom. The molecule has 0 radical (unpaired) electrons. The lowest BCUT2D eigenvalue weighted by atomic mass is 10.1. The fourth-order valence-corrected chi connectivity index (χ4v) is 2.34. The number of hydrogen-bond donors (Lipinski definition) is 2. The van der Waals surface area contributed by atoms with Gasteiger partial charge in [0, 0.05) is 18.3 Å². The first-order valence-electron chi connectivity index (χ1n) is 7.31. The average molecular weight is 298 g/mol. The number of aromatic hydroxyl groups is 2. The number of ketones is 1. The van der Waals surface area contributed by atoms with Crippen molar-refractivity contribution >= 4 is 11.9 Å². The van der Waals surface area contributed by atoms with Crippen LogP contribution in [0.15, 0.2) is 30.5 Å². The van der Waals surface area contributed by atoms with Gasteiger partial charge in [-0.05, 0) is 61.6 Å². The molecule has 1 fully saturated rings. The van der Waals surface area contributed by atoms with Crippen molar-refractivity contribution in [1.29, 1.82) is 0 Å². The van der Waals surface area contributed by atoms with Crippen molar-refractivity contribution in [2.24, 2.45) is 5.92 Å². The van der Waals surface area contributed by atoms with Gasteiger partial charge < -0.3 is 10.2 Å². The number of hydrogen-bond acceptors (Lipinski definition) is 4. The molecule has 2 aromatic rings. The summed E-state index contributed by atoms with van der Waals surface area (Å²) in [6.45, 7) is 2.53. The highest BCUT2D eigenvalue weighted by Gasteiger charge is 2.22. The molecule has 0 atom stereocenters. The molecule has 3 rings (SSSR count). The van der Waals surface area contributed by atoms with Gasteiger partial charge in [-0.25, -0.2) is 0 Å². The second-order valence-corrected chi connectivity index (χ2v) is 5.74. The van der Waals surface area contributed by atoms with Crippen LogP contribution in [0.5, 0.6) is 11.5 Å². The van der Waals surface area contributed by atoms with Crippen molar-refractivity contribution in [3.63, 3.8) is 0 Å². The van der Waals surface area contributed by atoms with Crippen molar-refractivity contribution in [2.75, 3.05) is 0 Å². The molecule has 1 aliphatic carbocycles. The first kappa shape index (κ1) is 14.4. The van der Waals surface area contributed by atoms with E-state index < -0.39 is 0 Å². The molecule has 1 saturated carbocycles. The number of aryl methyl sites for hydroxylation is 1. The molecule has 0 spiro atoms. The van der Waals surface area contributed by atoms with Crippen molar-refractivity contribution in [2.45, 2.75) is 26.3 Å². The Kier molecular flexibility index (Phi) is 3.71. The van der Waals surface area contributed by atoms with Gasteiger partial charge in [0.15, 0.2) is 17.3 Å². The van der Waals surface area contributed by atoms with Crippen molar-refractivity contribution in [3.05, 3.63) is 47.3 Å². The summed E-state index contributed by atoms with van der Waals surface area (Å²) in [6, 6.07) is 4.70. The van der Waals surface area contributed by atoms with E-state index in [1.807, 2.05) is 10.7 Å². The van der Waals surface area contributed by atoms with E-state index in [4.69, 9.17) is 0 Å². The summed E-state index contributed by atoms with van der Waals surface area (Å²) in [5.41, 5.74) is 1.70. The lowest BCUT2D eigenvalue weighted by molar-refractivity contribution is 0.104. The number of aromatic nitrogens is 2. The van der Waals surface area contributed by atoms with Crippen molar-refractivity contribution in [3.8, 4) is 11.5 Å². The fraction of sp³-hybridized carbons (Fsp3) is 0.294. The molecule has 114 valence electrons. The molecule has 0 amide bonds. The molecule has 0 unspecified atom stereocenters. The molecular weight excluding hydrogens is 280 g/mol. The van der Waals surface area contributed by atoms with Gasteiger partial charge >= 0.3 is 0 Å². The van der Waals surface area contributed by atoms with Crippen LogP contribution in [-0.2, 0) is 6.54 Å². The van der Waals surface area contributed by atoms with Gasteiger partial charge in [-0.15, -0.1) is 0 Å². The van der Waals surface area contributed by atoms with Crippen LogP contribution in [0, 0.1) is 12.8 Å². The number of phenolic OH excluding ortho intramolecular Hbond substituents is 2. The quantitative estimate of drug-likeness (QED) is 0.505. The second-order valence-electron chi connectivity index (χ2n) is 5.74. The number of carbonyl (C=O) groups excluding carboxylic acids is 1. The van der Waals surface area contributed by atoms with Crippen molar-refractivity contribution in [1.82, 2.24) is 9.78 Å². The first-order chi connectivity index (χ1) is 10.5. The Labute approximate surface area is 128 Å². The van der Waals surface area contributed by atoms with Gasteiger partial charge in [-0.2, -0.15) is 5.10 Å². The highest BCUT2D eigenvalue weighted by Crippen LogP contribution is 2.31. The fourth-order valence-electron chi connectivity index (χ4n) is 2.34. The Bertz CT molecular complexity index is 719. The number of allylic oxidation sites excluding steroid dienone is 1. The molecule has 22 heavy (non-hydrogen) atoms. The van der Waals surface area contributed by atoms with Gasteiger partial charge in [0.05, 0.1) is 5.69 Å². The predicted molar refractivity (Wildman–Crippen MR) is 82.8 cm³/mol. The molecule has 5 heteroatoms. The SMILES string of the molecule is Cc1cc(C(=O)C=Cc2ccnn2CC2CC2)cc(O)c1O. The summed E-state index contributed by atoms with van der Waals surface area (Å²) in [7, 11) is 0. The van der Waals surface area contributed by atoms with Gasteiger partial charge in [-0.1, -0.05) is 0 Å². The molecule has 0 bridgehead atoms. The molecule has 1 aromatic carbocycles. The molecule has 1 heterocycles. The average Bonchev–Trinajstić information content (AvgIpc) is 3.19. The Hall–Kier alpha value is -2.56. The Balaban J connectivity index is 1.77. The summed E-state index contributed by atoms with van der Waals surface area (Å²) >= 11 is 0. The minimum atomic E-state index is -0.282. The molecule has 0 aliphatic heterocycles. The molecular formula is C17H18N2O3. The van der Waals surface area contributed by atoms with E-state index in [1.54, 1.807) is 25.3 Å². The summed E-state index contributed by atoms with van der Waals surface area (Å²) in [5.74, 6) is 0.00980. The molecule has 5 nitrogen and oxygen atoms in total. The van der Waals surface area contributed by atoms with Crippen LogP contribution in [0.1, 0.15) is 34.5 Å². The minimum Gasteiger partial charge on any atom is -0.504 e. The monoisotopic (exact) mass is 298 g/mol. The van der Waals surface area contributed by atoms with Gasteiger partial charge in [0.1, 0.15) is 0 Å². The number of phenols is 2. The molecule has 1 aliphatic rings. The standard InChI is InChI=1S/C17H18N2O3/c1-11-8-13(9-16(21)17(11)22)15(20)5-4-14-6-7-18-19(14)10-12-2-3-12/h4-9,12,21-22H,2-3,10H2,1H3.